The van der Waals surface area contributed by atoms with E-state index in [0.29, 0.717) is 5.02 Å². The minimum absolute atomic E-state index is 0. The Kier molecular flexibility index (Phi) is 5.04. The zero-order valence-electron chi connectivity index (χ0n) is 5.66. The largest absolute Gasteiger partial charge is 0.394 e. The van der Waals surface area contributed by atoms with Gasteiger partial charge in [0.15, 0.2) is 0 Å². The molecule has 0 saturated carbocycles. The van der Waals surface area contributed by atoms with Crippen LogP contribution in [0.5, 0.6) is 0 Å². The molecule has 1 aromatic heterocycles. The van der Waals surface area contributed by atoms with Crippen molar-refractivity contribution in [2.75, 3.05) is 6.61 Å². The van der Waals surface area contributed by atoms with Crippen LogP contribution in [0, 0.1) is 0 Å². The normalized spacial score (nSPS) is 12.3. The van der Waals surface area contributed by atoms with Crippen molar-refractivity contribution < 1.29 is 5.11 Å². The maximum absolute atomic E-state index is 8.65. The summed E-state index contributed by atoms with van der Waals surface area (Å²) in [5, 5.41) is 11.2. The fourth-order valence-electron chi connectivity index (χ4n) is 0.653. The minimum atomic E-state index is -0.326. The number of hydrogen-bond acceptors (Lipinski definition) is 3. The second-order valence-electron chi connectivity index (χ2n) is 1.92. The third kappa shape index (κ3) is 2.61. The number of thiophene rings is 1. The van der Waals surface area contributed by atoms with Crippen molar-refractivity contribution in [3.8, 4) is 0 Å². The van der Waals surface area contributed by atoms with Gasteiger partial charge in [-0.1, -0.05) is 11.6 Å². The molecule has 0 spiro atoms. The van der Waals surface area contributed by atoms with Gasteiger partial charge >= 0.3 is 0 Å². The van der Waals surface area contributed by atoms with Crippen molar-refractivity contribution in [3.05, 3.63) is 21.3 Å². The van der Waals surface area contributed by atoms with Gasteiger partial charge < -0.3 is 10.8 Å². The van der Waals surface area contributed by atoms with Crippen LogP contribution in [0.15, 0.2) is 11.4 Å². The molecular weight excluding hydrogens is 205 g/mol. The first-order valence-electron chi connectivity index (χ1n) is 2.85. The monoisotopic (exact) mass is 213 g/mol. The van der Waals surface area contributed by atoms with Crippen LogP contribution in [-0.2, 0) is 0 Å². The summed E-state index contributed by atoms with van der Waals surface area (Å²) in [5.74, 6) is 0. The summed E-state index contributed by atoms with van der Waals surface area (Å²) >= 11 is 7.20. The summed E-state index contributed by atoms with van der Waals surface area (Å²) in [4.78, 5) is 0.851. The lowest BCUT2D eigenvalue weighted by molar-refractivity contribution is 0.269. The predicted octanol–water partition coefficient (Wildman–Crippen LogP) is 1.82. The lowest BCUT2D eigenvalue weighted by Gasteiger charge is -2.04. The van der Waals surface area contributed by atoms with Gasteiger partial charge in [0.05, 0.1) is 17.7 Å². The molecule has 0 aliphatic carbocycles. The minimum Gasteiger partial charge on any atom is -0.394 e. The predicted molar refractivity (Wildman–Crippen MR) is 50.6 cm³/mol. The zero-order chi connectivity index (χ0) is 7.56. The van der Waals surface area contributed by atoms with Gasteiger partial charge in [-0.2, -0.15) is 0 Å². The maximum atomic E-state index is 8.65. The van der Waals surface area contributed by atoms with Crippen molar-refractivity contribution in [1.82, 2.24) is 0 Å². The number of rotatable bonds is 2. The maximum Gasteiger partial charge on any atom is 0.0639 e. The van der Waals surface area contributed by atoms with Crippen LogP contribution >= 0.6 is 35.3 Å². The first kappa shape index (κ1) is 11.2. The number of halogens is 2. The summed E-state index contributed by atoms with van der Waals surface area (Å²) in [5.41, 5.74) is 5.52. The van der Waals surface area contributed by atoms with Crippen LogP contribution in [0.25, 0.3) is 0 Å². The van der Waals surface area contributed by atoms with E-state index in [4.69, 9.17) is 22.4 Å². The Morgan fingerprint density at radius 2 is 2.36 bits per heavy atom. The highest BCUT2D eigenvalue weighted by Gasteiger charge is 2.09. The van der Waals surface area contributed by atoms with E-state index in [1.807, 2.05) is 5.38 Å². The molecule has 3 N–H and O–H groups in total. The van der Waals surface area contributed by atoms with E-state index in [-0.39, 0.29) is 25.1 Å². The Hall–Kier alpha value is 0.200. The van der Waals surface area contributed by atoms with Gasteiger partial charge in [0, 0.05) is 4.88 Å². The Bertz CT molecular complexity index is 216. The summed E-state index contributed by atoms with van der Waals surface area (Å²) in [6.07, 6.45) is 0. The summed E-state index contributed by atoms with van der Waals surface area (Å²) in [7, 11) is 0. The van der Waals surface area contributed by atoms with Gasteiger partial charge in [-0.3, -0.25) is 0 Å². The number of aliphatic hydroxyl groups is 1. The summed E-state index contributed by atoms with van der Waals surface area (Å²) < 4.78 is 0. The van der Waals surface area contributed by atoms with Gasteiger partial charge in [-0.25, -0.2) is 0 Å². The molecule has 0 radical (unpaired) electrons. The summed E-state index contributed by atoms with van der Waals surface area (Å²) in [6.45, 7) is -0.0553. The Labute approximate surface area is 80.4 Å². The molecule has 0 aliphatic rings. The van der Waals surface area contributed by atoms with E-state index in [0.717, 1.165) is 4.88 Å². The average Bonchev–Trinajstić information content (AvgIpc) is 2.34. The van der Waals surface area contributed by atoms with Crippen molar-refractivity contribution >= 4 is 35.3 Å². The molecule has 0 aliphatic heterocycles. The molecule has 0 amide bonds. The quantitative estimate of drug-likeness (QED) is 0.788. The second-order valence-corrected chi connectivity index (χ2v) is 3.28. The van der Waals surface area contributed by atoms with Gasteiger partial charge in [0.25, 0.3) is 0 Å². The van der Waals surface area contributed by atoms with Gasteiger partial charge in [-0.05, 0) is 11.4 Å². The highest BCUT2D eigenvalue weighted by molar-refractivity contribution is 7.10. The van der Waals surface area contributed by atoms with Crippen LogP contribution in [0.1, 0.15) is 10.9 Å². The van der Waals surface area contributed by atoms with E-state index in [1.165, 1.54) is 11.3 Å². The molecule has 11 heavy (non-hydrogen) atoms. The molecule has 1 aromatic rings. The molecule has 64 valence electrons. The highest BCUT2D eigenvalue weighted by atomic mass is 35.5. The highest BCUT2D eigenvalue weighted by Crippen LogP contribution is 2.26. The molecule has 1 heterocycles. The van der Waals surface area contributed by atoms with Crippen molar-refractivity contribution in [2.45, 2.75) is 6.04 Å². The van der Waals surface area contributed by atoms with Gasteiger partial charge in [0.2, 0.25) is 0 Å². The molecule has 1 atom stereocenters. The average molecular weight is 214 g/mol. The Balaban J connectivity index is 0.000001000. The first-order chi connectivity index (χ1) is 4.75. The van der Waals surface area contributed by atoms with Gasteiger partial charge in [0.1, 0.15) is 0 Å². The molecule has 0 saturated heterocycles. The molecule has 0 unspecified atom stereocenters. The summed E-state index contributed by atoms with van der Waals surface area (Å²) in [6, 6.07) is 1.45. The third-order valence-electron chi connectivity index (χ3n) is 1.18. The van der Waals surface area contributed by atoms with Gasteiger partial charge in [-0.15, -0.1) is 23.7 Å². The van der Waals surface area contributed by atoms with Crippen LogP contribution < -0.4 is 5.73 Å². The molecular formula is C6H9Cl2NOS. The lowest BCUT2D eigenvalue weighted by Crippen LogP contribution is -2.12. The SMILES string of the molecule is Cl.N[C@H](CO)c1sccc1Cl. The Morgan fingerprint density at radius 3 is 2.73 bits per heavy atom. The van der Waals surface area contributed by atoms with Crippen molar-refractivity contribution in [1.29, 1.82) is 0 Å². The molecule has 0 aromatic carbocycles. The van der Waals surface area contributed by atoms with Crippen LogP contribution in [-0.4, -0.2) is 11.7 Å². The van der Waals surface area contributed by atoms with Crippen LogP contribution in [0.2, 0.25) is 5.02 Å². The van der Waals surface area contributed by atoms with Crippen molar-refractivity contribution in [2.24, 2.45) is 5.73 Å². The van der Waals surface area contributed by atoms with Crippen LogP contribution in [0.3, 0.4) is 0 Å². The fourth-order valence-corrected chi connectivity index (χ4v) is 1.85. The topological polar surface area (TPSA) is 46.2 Å². The first-order valence-corrected chi connectivity index (χ1v) is 4.10. The second kappa shape index (κ2) is 4.95. The molecule has 0 fully saturated rings. The number of hydrogen-bond donors (Lipinski definition) is 2. The Morgan fingerprint density at radius 1 is 1.73 bits per heavy atom. The molecule has 1 rings (SSSR count). The van der Waals surface area contributed by atoms with Crippen LogP contribution in [0.4, 0.5) is 0 Å². The molecule has 5 heteroatoms. The van der Waals surface area contributed by atoms with E-state index in [9.17, 15) is 0 Å². The number of aliphatic hydroxyl groups excluding tert-OH is 1. The van der Waals surface area contributed by atoms with E-state index in [1.54, 1.807) is 6.07 Å². The standard InChI is InChI=1S/C6H8ClNOS.ClH/c7-4-1-2-10-6(4)5(8)3-9;/h1-2,5,9H,3,8H2;1H/t5-;/m1./s1. The van der Waals surface area contributed by atoms with Crippen molar-refractivity contribution in [3.63, 3.8) is 0 Å². The zero-order valence-corrected chi connectivity index (χ0v) is 8.05. The third-order valence-corrected chi connectivity index (χ3v) is 2.67. The van der Waals surface area contributed by atoms with E-state index in [2.05, 4.69) is 0 Å². The molecule has 2 nitrogen and oxygen atoms in total. The van der Waals surface area contributed by atoms with E-state index >= 15 is 0 Å². The number of nitrogens with two attached hydrogens (primary N) is 1. The van der Waals surface area contributed by atoms with E-state index < -0.39 is 0 Å². The lowest BCUT2D eigenvalue weighted by atomic mass is 10.3. The molecule has 0 bridgehead atoms. The smallest absolute Gasteiger partial charge is 0.0639 e. The fraction of sp³-hybridized carbons (Fsp3) is 0.333.